The molecule has 29 heavy (non-hydrogen) atoms. The maximum atomic E-state index is 13.5. The van der Waals surface area contributed by atoms with Crippen molar-refractivity contribution in [1.29, 1.82) is 0 Å². The van der Waals surface area contributed by atoms with E-state index in [2.05, 4.69) is 10.3 Å². The molecule has 0 aliphatic rings. The van der Waals surface area contributed by atoms with Gasteiger partial charge in [-0.15, -0.1) is 0 Å². The summed E-state index contributed by atoms with van der Waals surface area (Å²) in [6.07, 6.45) is -0.199. The monoisotopic (exact) mass is 449 g/mol. The molecule has 2 aromatic rings. The van der Waals surface area contributed by atoms with E-state index in [0.717, 1.165) is 12.3 Å². The average Bonchev–Trinajstić information content (AvgIpc) is 2.68. The smallest absolute Gasteiger partial charge is 0.340 e. The minimum absolute atomic E-state index is 0.0133. The van der Waals surface area contributed by atoms with Gasteiger partial charge in [0, 0.05) is 6.20 Å². The highest BCUT2D eigenvalue weighted by atomic mass is 35.5. The van der Waals surface area contributed by atoms with Crippen LogP contribution in [0, 0.1) is 17.5 Å². The number of hydrogen-bond donors (Lipinski definition) is 2. The van der Waals surface area contributed by atoms with Crippen LogP contribution in [0.3, 0.4) is 0 Å². The third-order valence-corrected chi connectivity index (χ3v) is 4.10. The molecule has 0 fully saturated rings. The fraction of sp³-hybridized carbons (Fsp3) is 0.176. The van der Waals surface area contributed by atoms with Gasteiger partial charge in [-0.2, -0.15) is 0 Å². The highest BCUT2D eigenvalue weighted by molar-refractivity contribution is 6.41. The molecule has 1 unspecified atom stereocenters. The standard InChI is InChI=1S/C17H12Cl2F3N3O4/c1-7(29-17(28)8-4-9(18)15(19)23-5-8)16(27)24-6-12(26)25-11-3-2-10(20)13(21)14(11)22/h2-5,7H,6H2,1H3,(H,24,27)(H,25,26). The molecule has 1 heterocycles. The molecule has 12 heteroatoms. The molecule has 0 aliphatic carbocycles. The number of esters is 1. The highest BCUT2D eigenvalue weighted by Crippen LogP contribution is 2.21. The summed E-state index contributed by atoms with van der Waals surface area (Å²) in [7, 11) is 0. The zero-order chi connectivity index (χ0) is 21.7. The third-order valence-electron chi connectivity index (χ3n) is 3.42. The van der Waals surface area contributed by atoms with Crippen LogP contribution in [-0.4, -0.2) is 35.4 Å². The molecule has 2 N–H and O–H groups in total. The number of carbonyl (C=O) groups excluding carboxylic acids is 3. The Bertz CT molecular complexity index is 975. The number of halogens is 5. The number of nitrogens with zero attached hydrogens (tertiary/aromatic N) is 1. The first-order chi connectivity index (χ1) is 13.6. The number of rotatable bonds is 6. The second-order valence-corrected chi connectivity index (χ2v) is 6.30. The minimum atomic E-state index is -1.75. The fourth-order valence-corrected chi connectivity index (χ4v) is 2.21. The number of carbonyl (C=O) groups is 3. The predicted molar refractivity (Wildman–Crippen MR) is 97.1 cm³/mol. The first-order valence-corrected chi connectivity index (χ1v) is 8.58. The van der Waals surface area contributed by atoms with Crippen LogP contribution in [-0.2, 0) is 14.3 Å². The van der Waals surface area contributed by atoms with Crippen LogP contribution in [0.2, 0.25) is 10.2 Å². The number of nitrogens with one attached hydrogen (secondary N) is 2. The van der Waals surface area contributed by atoms with E-state index >= 15 is 0 Å². The van der Waals surface area contributed by atoms with E-state index in [9.17, 15) is 27.6 Å². The third kappa shape index (κ3) is 5.81. The predicted octanol–water partition coefficient (Wildman–Crippen LogP) is 3.11. The summed E-state index contributed by atoms with van der Waals surface area (Å²) < 4.78 is 44.4. The lowest BCUT2D eigenvalue weighted by Gasteiger charge is -2.14. The minimum Gasteiger partial charge on any atom is -0.449 e. The van der Waals surface area contributed by atoms with Crippen molar-refractivity contribution >= 4 is 46.7 Å². The van der Waals surface area contributed by atoms with E-state index in [1.165, 1.54) is 13.0 Å². The molecule has 1 aromatic carbocycles. The van der Waals surface area contributed by atoms with Crippen molar-refractivity contribution in [3.8, 4) is 0 Å². The van der Waals surface area contributed by atoms with Crippen LogP contribution < -0.4 is 10.6 Å². The van der Waals surface area contributed by atoms with Gasteiger partial charge in [0.15, 0.2) is 23.6 Å². The highest BCUT2D eigenvalue weighted by Gasteiger charge is 2.21. The lowest BCUT2D eigenvalue weighted by atomic mass is 10.2. The van der Waals surface area contributed by atoms with Crippen LogP contribution in [0.15, 0.2) is 24.4 Å². The van der Waals surface area contributed by atoms with Gasteiger partial charge < -0.3 is 15.4 Å². The van der Waals surface area contributed by atoms with Gasteiger partial charge in [-0.1, -0.05) is 23.2 Å². The Morgan fingerprint density at radius 3 is 2.52 bits per heavy atom. The number of aromatic nitrogens is 1. The largest absolute Gasteiger partial charge is 0.449 e. The molecular formula is C17H12Cl2F3N3O4. The van der Waals surface area contributed by atoms with E-state index < -0.39 is 53.6 Å². The fourth-order valence-electron chi connectivity index (χ4n) is 1.94. The summed E-state index contributed by atoms with van der Waals surface area (Å²) in [5.41, 5.74) is -0.652. The lowest BCUT2D eigenvalue weighted by Crippen LogP contribution is -2.40. The van der Waals surface area contributed by atoms with Crippen molar-refractivity contribution in [3.05, 3.63) is 57.6 Å². The second kappa shape index (κ2) is 9.57. The Balaban J connectivity index is 1.87. The number of ether oxygens (including phenoxy) is 1. The Kier molecular flexibility index (Phi) is 7.40. The van der Waals surface area contributed by atoms with Crippen molar-refractivity contribution < 1.29 is 32.3 Å². The second-order valence-electron chi connectivity index (χ2n) is 5.53. The van der Waals surface area contributed by atoms with Gasteiger partial charge in [-0.25, -0.2) is 22.9 Å². The Morgan fingerprint density at radius 2 is 1.86 bits per heavy atom. The zero-order valence-corrected chi connectivity index (χ0v) is 16.1. The molecule has 0 aliphatic heterocycles. The summed E-state index contributed by atoms with van der Waals surface area (Å²) in [5, 5.41) is 4.11. The van der Waals surface area contributed by atoms with Crippen LogP contribution in [0.1, 0.15) is 17.3 Å². The number of amides is 2. The number of benzene rings is 1. The van der Waals surface area contributed by atoms with Gasteiger partial charge in [0.1, 0.15) is 5.15 Å². The van der Waals surface area contributed by atoms with E-state index in [1.807, 2.05) is 5.32 Å². The Morgan fingerprint density at radius 1 is 1.17 bits per heavy atom. The number of anilines is 1. The van der Waals surface area contributed by atoms with Crippen LogP contribution in [0.4, 0.5) is 18.9 Å². The molecule has 0 bridgehead atoms. The first-order valence-electron chi connectivity index (χ1n) is 7.83. The van der Waals surface area contributed by atoms with Gasteiger partial charge in [0.25, 0.3) is 5.91 Å². The summed E-state index contributed by atoms with van der Waals surface area (Å²) in [6.45, 7) is 0.596. The van der Waals surface area contributed by atoms with E-state index in [0.29, 0.717) is 6.07 Å². The lowest BCUT2D eigenvalue weighted by molar-refractivity contribution is -0.130. The van der Waals surface area contributed by atoms with Crippen LogP contribution in [0.25, 0.3) is 0 Å². The number of pyridine rings is 1. The van der Waals surface area contributed by atoms with Crippen LogP contribution >= 0.6 is 23.2 Å². The molecule has 1 atom stereocenters. The number of hydrogen-bond acceptors (Lipinski definition) is 5. The maximum Gasteiger partial charge on any atom is 0.340 e. The van der Waals surface area contributed by atoms with Crippen molar-refractivity contribution in [1.82, 2.24) is 10.3 Å². The van der Waals surface area contributed by atoms with E-state index in [1.54, 1.807) is 0 Å². The van der Waals surface area contributed by atoms with E-state index in [4.69, 9.17) is 27.9 Å². The van der Waals surface area contributed by atoms with Crippen molar-refractivity contribution in [3.63, 3.8) is 0 Å². The molecule has 1 aromatic heterocycles. The van der Waals surface area contributed by atoms with Gasteiger partial charge in [0.2, 0.25) is 5.91 Å². The molecule has 0 spiro atoms. The summed E-state index contributed by atoms with van der Waals surface area (Å²) in [5.74, 6) is -7.41. The van der Waals surface area contributed by atoms with Crippen molar-refractivity contribution in [2.45, 2.75) is 13.0 Å². The molecule has 2 amide bonds. The Hall–Kier alpha value is -2.85. The van der Waals surface area contributed by atoms with Crippen molar-refractivity contribution in [2.24, 2.45) is 0 Å². The quantitative estimate of drug-likeness (QED) is 0.401. The molecule has 154 valence electrons. The average molecular weight is 450 g/mol. The van der Waals surface area contributed by atoms with E-state index in [-0.39, 0.29) is 15.7 Å². The summed E-state index contributed by atoms with van der Waals surface area (Å²) >= 11 is 11.4. The molecular weight excluding hydrogens is 438 g/mol. The normalized spacial score (nSPS) is 11.5. The molecule has 0 saturated heterocycles. The molecule has 0 radical (unpaired) electrons. The first kappa shape index (κ1) is 22.4. The van der Waals surface area contributed by atoms with Gasteiger partial charge in [-0.3, -0.25) is 9.59 Å². The van der Waals surface area contributed by atoms with Gasteiger partial charge in [-0.05, 0) is 25.1 Å². The zero-order valence-electron chi connectivity index (χ0n) is 14.6. The topological polar surface area (TPSA) is 97.4 Å². The summed E-state index contributed by atoms with van der Waals surface area (Å²) in [4.78, 5) is 39.3. The molecule has 0 saturated carbocycles. The maximum absolute atomic E-state index is 13.5. The van der Waals surface area contributed by atoms with Crippen molar-refractivity contribution in [2.75, 3.05) is 11.9 Å². The SMILES string of the molecule is CC(OC(=O)c1cnc(Cl)c(Cl)c1)C(=O)NCC(=O)Nc1ccc(F)c(F)c1F. The Labute approximate surface area is 172 Å². The molecule has 2 rings (SSSR count). The van der Waals surface area contributed by atoms with Crippen LogP contribution in [0.5, 0.6) is 0 Å². The molecule has 7 nitrogen and oxygen atoms in total. The van der Waals surface area contributed by atoms with Gasteiger partial charge in [0.05, 0.1) is 22.8 Å². The van der Waals surface area contributed by atoms with Gasteiger partial charge >= 0.3 is 5.97 Å². The summed E-state index contributed by atoms with van der Waals surface area (Å²) in [6, 6.07) is 2.66.